The highest BCUT2D eigenvalue weighted by molar-refractivity contribution is 9.10. The molecule has 176 valence electrons. The van der Waals surface area contributed by atoms with Gasteiger partial charge in [0, 0.05) is 16.6 Å². The number of halogens is 1. The topological polar surface area (TPSA) is 70.1 Å². The minimum Gasteiger partial charge on any atom is -0.507 e. The fourth-order valence-electron chi connectivity index (χ4n) is 4.02. The van der Waals surface area contributed by atoms with E-state index in [0.717, 1.165) is 35.0 Å². The average Bonchev–Trinajstić information content (AvgIpc) is 3.02. The molecule has 1 amide bonds. The number of aryl methyl sites for hydroxylation is 1. The molecule has 0 aliphatic carbocycles. The first kappa shape index (κ1) is 25.0. The summed E-state index contributed by atoms with van der Waals surface area (Å²) in [7, 11) is 3.94. The van der Waals surface area contributed by atoms with Gasteiger partial charge >= 0.3 is 0 Å². The molecule has 1 atom stereocenters. The van der Waals surface area contributed by atoms with Gasteiger partial charge in [-0.1, -0.05) is 35.0 Å². The third-order valence-corrected chi connectivity index (χ3v) is 6.18. The summed E-state index contributed by atoms with van der Waals surface area (Å²) in [6, 6.07) is 12.2. The fourth-order valence-corrected chi connectivity index (χ4v) is 4.28. The van der Waals surface area contributed by atoms with E-state index in [1.165, 1.54) is 0 Å². The van der Waals surface area contributed by atoms with Crippen LogP contribution in [-0.2, 0) is 9.59 Å². The van der Waals surface area contributed by atoms with Crippen molar-refractivity contribution in [3.05, 3.63) is 69.2 Å². The average molecular weight is 515 g/mol. The second-order valence-electron chi connectivity index (χ2n) is 8.53. The molecule has 1 aliphatic rings. The molecule has 2 aromatic carbocycles. The molecule has 0 radical (unpaired) electrons. The number of hydrogen-bond donors (Lipinski definition) is 1. The maximum absolute atomic E-state index is 13.1. The lowest BCUT2D eigenvalue weighted by Gasteiger charge is -2.26. The van der Waals surface area contributed by atoms with Crippen LogP contribution in [0.1, 0.15) is 42.5 Å². The number of amides is 1. The van der Waals surface area contributed by atoms with Gasteiger partial charge in [0.05, 0.1) is 18.2 Å². The van der Waals surface area contributed by atoms with E-state index in [0.29, 0.717) is 24.5 Å². The SMILES string of the molecule is CCCOc1ccc(C(O)=C2C(=O)C(=O)N(CCCN(C)C)[C@@H]2c2ccc(Br)cc2)c(C)c1. The zero-order chi connectivity index (χ0) is 24.1. The minimum absolute atomic E-state index is 0.123. The highest BCUT2D eigenvalue weighted by atomic mass is 79.9. The molecule has 7 heteroatoms. The number of carbonyl (C=O) groups is 2. The molecule has 1 fully saturated rings. The number of nitrogens with zero attached hydrogens (tertiary/aromatic N) is 2. The first-order chi connectivity index (χ1) is 15.7. The quantitative estimate of drug-likeness (QED) is 0.292. The fraction of sp³-hybridized carbons (Fsp3) is 0.385. The molecule has 1 aliphatic heterocycles. The number of ketones is 1. The summed E-state index contributed by atoms with van der Waals surface area (Å²) in [6.07, 6.45) is 1.61. The van der Waals surface area contributed by atoms with Crippen LogP contribution in [0.25, 0.3) is 5.76 Å². The number of aliphatic hydroxyl groups is 1. The van der Waals surface area contributed by atoms with Crippen LogP contribution in [0.2, 0.25) is 0 Å². The van der Waals surface area contributed by atoms with Crippen LogP contribution in [0, 0.1) is 6.92 Å². The van der Waals surface area contributed by atoms with E-state index in [4.69, 9.17) is 4.74 Å². The van der Waals surface area contributed by atoms with Crippen molar-refractivity contribution in [2.75, 3.05) is 33.8 Å². The van der Waals surface area contributed by atoms with Crippen LogP contribution < -0.4 is 4.74 Å². The molecule has 0 bridgehead atoms. The van der Waals surface area contributed by atoms with Crippen molar-refractivity contribution >= 4 is 33.4 Å². The lowest BCUT2D eigenvalue weighted by Crippen LogP contribution is -2.32. The van der Waals surface area contributed by atoms with Gasteiger partial charge in [-0.3, -0.25) is 9.59 Å². The third-order valence-electron chi connectivity index (χ3n) is 5.66. The maximum atomic E-state index is 13.1. The van der Waals surface area contributed by atoms with Gasteiger partial charge in [0.2, 0.25) is 0 Å². The number of likely N-dealkylation sites (tertiary alicyclic amines) is 1. The Balaban J connectivity index is 2.06. The molecule has 3 rings (SSSR count). The van der Waals surface area contributed by atoms with Crippen molar-refractivity contribution in [2.24, 2.45) is 0 Å². The van der Waals surface area contributed by atoms with Crippen LogP contribution in [0.4, 0.5) is 0 Å². The molecule has 0 unspecified atom stereocenters. The van der Waals surface area contributed by atoms with Crippen molar-refractivity contribution < 1.29 is 19.4 Å². The van der Waals surface area contributed by atoms with Gasteiger partial charge in [0.15, 0.2) is 0 Å². The molecule has 1 N–H and O–H groups in total. The van der Waals surface area contributed by atoms with Gasteiger partial charge in [0.25, 0.3) is 11.7 Å². The second kappa shape index (κ2) is 11.0. The highest BCUT2D eigenvalue weighted by Gasteiger charge is 2.45. The number of Topliss-reactive ketones (excluding diaryl/α,β-unsaturated/α-hetero) is 1. The van der Waals surface area contributed by atoms with Crippen molar-refractivity contribution in [2.45, 2.75) is 32.7 Å². The standard InChI is InChI=1S/C26H31BrN2O4/c1-5-15-33-20-11-12-21(17(2)16-20)24(30)22-23(18-7-9-19(27)10-8-18)29(26(32)25(22)31)14-6-13-28(3)4/h7-12,16,23,30H,5-6,13-15H2,1-4H3/t23-/m1/s1. The molecular formula is C26H31BrN2O4. The van der Waals surface area contributed by atoms with Gasteiger partial charge in [-0.2, -0.15) is 0 Å². The highest BCUT2D eigenvalue weighted by Crippen LogP contribution is 2.40. The number of benzene rings is 2. The molecule has 1 heterocycles. The van der Waals surface area contributed by atoms with Crippen LogP contribution in [0.15, 0.2) is 52.5 Å². The van der Waals surface area contributed by atoms with E-state index in [1.54, 1.807) is 17.0 Å². The Morgan fingerprint density at radius 2 is 1.85 bits per heavy atom. The predicted octanol–water partition coefficient (Wildman–Crippen LogP) is 4.92. The van der Waals surface area contributed by atoms with Crippen LogP contribution >= 0.6 is 15.9 Å². The second-order valence-corrected chi connectivity index (χ2v) is 9.44. The maximum Gasteiger partial charge on any atom is 0.295 e. The van der Waals surface area contributed by atoms with Gasteiger partial charge < -0.3 is 19.6 Å². The summed E-state index contributed by atoms with van der Waals surface area (Å²) in [5.74, 6) is -0.685. The zero-order valence-corrected chi connectivity index (χ0v) is 21.2. The van der Waals surface area contributed by atoms with Gasteiger partial charge in [-0.15, -0.1) is 0 Å². The number of aliphatic hydroxyl groups excluding tert-OH is 1. The van der Waals surface area contributed by atoms with E-state index in [1.807, 2.05) is 63.2 Å². The molecular weight excluding hydrogens is 484 g/mol. The van der Waals surface area contributed by atoms with Crippen LogP contribution in [0.3, 0.4) is 0 Å². The van der Waals surface area contributed by atoms with Gasteiger partial charge in [0.1, 0.15) is 11.5 Å². The molecule has 1 saturated heterocycles. The Morgan fingerprint density at radius 1 is 1.15 bits per heavy atom. The molecule has 0 aromatic heterocycles. The first-order valence-electron chi connectivity index (χ1n) is 11.2. The van der Waals surface area contributed by atoms with E-state index < -0.39 is 17.7 Å². The lowest BCUT2D eigenvalue weighted by atomic mass is 9.94. The summed E-state index contributed by atoms with van der Waals surface area (Å²) >= 11 is 3.44. The van der Waals surface area contributed by atoms with Crippen LogP contribution in [0.5, 0.6) is 5.75 Å². The first-order valence-corrected chi connectivity index (χ1v) is 12.0. The molecule has 0 spiro atoms. The molecule has 0 saturated carbocycles. The summed E-state index contributed by atoms with van der Waals surface area (Å²) in [4.78, 5) is 29.8. The van der Waals surface area contributed by atoms with E-state index >= 15 is 0 Å². The minimum atomic E-state index is -0.656. The van der Waals surface area contributed by atoms with Crippen LogP contribution in [-0.4, -0.2) is 60.4 Å². The molecule has 2 aromatic rings. The number of ether oxygens (including phenoxy) is 1. The van der Waals surface area contributed by atoms with E-state index in [-0.39, 0.29) is 11.3 Å². The van der Waals surface area contributed by atoms with Crippen molar-refractivity contribution in [3.8, 4) is 5.75 Å². The summed E-state index contributed by atoms with van der Waals surface area (Å²) < 4.78 is 6.58. The van der Waals surface area contributed by atoms with E-state index in [2.05, 4.69) is 15.9 Å². The van der Waals surface area contributed by atoms with E-state index in [9.17, 15) is 14.7 Å². The largest absolute Gasteiger partial charge is 0.507 e. The Bertz CT molecular complexity index is 1050. The zero-order valence-electron chi connectivity index (χ0n) is 19.6. The Kier molecular flexibility index (Phi) is 8.32. The predicted molar refractivity (Wildman–Crippen MR) is 133 cm³/mol. The van der Waals surface area contributed by atoms with Gasteiger partial charge in [-0.05, 0) is 81.9 Å². The summed E-state index contributed by atoms with van der Waals surface area (Å²) in [6.45, 7) is 5.70. The number of carbonyl (C=O) groups excluding carboxylic acids is 2. The van der Waals surface area contributed by atoms with Gasteiger partial charge in [-0.25, -0.2) is 0 Å². The third kappa shape index (κ3) is 5.65. The normalized spacial score (nSPS) is 17.8. The van der Waals surface area contributed by atoms with Crippen molar-refractivity contribution in [1.82, 2.24) is 9.80 Å². The number of rotatable bonds is 9. The number of hydrogen-bond acceptors (Lipinski definition) is 5. The smallest absolute Gasteiger partial charge is 0.295 e. The monoisotopic (exact) mass is 514 g/mol. The van der Waals surface area contributed by atoms with Crippen molar-refractivity contribution in [1.29, 1.82) is 0 Å². The Morgan fingerprint density at radius 3 is 2.45 bits per heavy atom. The Labute approximate surface area is 204 Å². The molecule has 6 nitrogen and oxygen atoms in total. The summed E-state index contributed by atoms with van der Waals surface area (Å²) in [5, 5.41) is 11.3. The Hall–Kier alpha value is -2.64. The van der Waals surface area contributed by atoms with Crippen molar-refractivity contribution in [3.63, 3.8) is 0 Å². The molecule has 33 heavy (non-hydrogen) atoms. The lowest BCUT2D eigenvalue weighted by molar-refractivity contribution is -0.139. The summed E-state index contributed by atoms with van der Waals surface area (Å²) in [5.41, 5.74) is 2.20.